The maximum Gasteiger partial charge on any atom is 0.237 e. The van der Waals surface area contributed by atoms with Crippen molar-refractivity contribution < 1.29 is 14.3 Å². The molecule has 0 aliphatic carbocycles. The maximum absolute atomic E-state index is 12.5. The van der Waals surface area contributed by atoms with Crippen LogP contribution in [0.25, 0.3) is 0 Å². The van der Waals surface area contributed by atoms with Gasteiger partial charge in [0.05, 0.1) is 25.2 Å². The minimum atomic E-state index is -0.537. The lowest BCUT2D eigenvalue weighted by Gasteiger charge is -2.24. The van der Waals surface area contributed by atoms with Gasteiger partial charge in [-0.05, 0) is 25.0 Å². The molecule has 0 radical (unpaired) electrons. The van der Waals surface area contributed by atoms with Gasteiger partial charge in [-0.2, -0.15) is 0 Å². The Morgan fingerprint density at radius 1 is 1.38 bits per heavy atom. The molecule has 0 aromatic heterocycles. The first-order valence-electron chi connectivity index (χ1n) is 6.99. The number of nitrogens with zero attached hydrogens (tertiary/aromatic N) is 1. The summed E-state index contributed by atoms with van der Waals surface area (Å²) in [5.41, 5.74) is 12.5. The Bertz CT molecular complexity index is 533. The predicted molar refractivity (Wildman–Crippen MR) is 79.0 cm³/mol. The number of para-hydroxylation sites is 1. The third kappa shape index (κ3) is 3.95. The van der Waals surface area contributed by atoms with E-state index in [0.717, 1.165) is 5.56 Å². The number of primary amides is 1. The van der Waals surface area contributed by atoms with Crippen molar-refractivity contribution >= 4 is 17.5 Å². The minimum Gasteiger partial charge on any atom is -0.398 e. The number of amides is 2. The van der Waals surface area contributed by atoms with Crippen LogP contribution in [0.15, 0.2) is 24.3 Å². The molecule has 6 nitrogen and oxygen atoms in total. The van der Waals surface area contributed by atoms with E-state index in [-0.39, 0.29) is 31.0 Å². The Morgan fingerprint density at radius 3 is 2.67 bits per heavy atom. The topological polar surface area (TPSA) is 98.7 Å². The highest BCUT2D eigenvalue weighted by molar-refractivity contribution is 5.85. The molecule has 6 heteroatoms. The highest BCUT2D eigenvalue weighted by Gasteiger charge is 2.32. The normalized spacial score (nSPS) is 21.2. The predicted octanol–water partition coefficient (Wildman–Crippen LogP) is 0.508. The number of carbonyl (C=O) groups is 2. The van der Waals surface area contributed by atoms with Gasteiger partial charge in [0.2, 0.25) is 11.8 Å². The number of nitrogens with two attached hydrogens (primary N) is 2. The van der Waals surface area contributed by atoms with Crippen LogP contribution in [-0.4, -0.2) is 36.0 Å². The number of rotatable bonds is 5. The lowest BCUT2D eigenvalue weighted by molar-refractivity contribution is -0.139. The maximum atomic E-state index is 12.5. The molecule has 1 saturated heterocycles. The van der Waals surface area contributed by atoms with E-state index in [9.17, 15) is 9.59 Å². The summed E-state index contributed by atoms with van der Waals surface area (Å²) in [5.74, 6) is -0.865. The van der Waals surface area contributed by atoms with Crippen LogP contribution in [0.4, 0.5) is 5.69 Å². The largest absolute Gasteiger partial charge is 0.398 e. The average Bonchev–Trinajstić information content (AvgIpc) is 2.86. The number of hydrogen-bond donors (Lipinski definition) is 2. The summed E-state index contributed by atoms with van der Waals surface area (Å²) in [7, 11) is 0. The second kappa shape index (κ2) is 6.58. The standard InChI is InChI=1S/C15H21N3O3/c1-10-6-12(9-21-10)15(20)18(8-14(17)19)7-11-4-2-3-5-13(11)16/h2-5,10,12H,6-9,16H2,1H3,(H2,17,19). The smallest absolute Gasteiger partial charge is 0.237 e. The van der Waals surface area contributed by atoms with E-state index in [1.54, 1.807) is 6.07 Å². The molecule has 0 saturated carbocycles. The fraction of sp³-hybridized carbons (Fsp3) is 0.467. The van der Waals surface area contributed by atoms with Crippen LogP contribution >= 0.6 is 0 Å². The lowest BCUT2D eigenvalue weighted by atomic mass is 10.0. The zero-order valence-electron chi connectivity index (χ0n) is 12.1. The van der Waals surface area contributed by atoms with Crippen molar-refractivity contribution in [2.45, 2.75) is 26.0 Å². The summed E-state index contributed by atoms with van der Waals surface area (Å²) in [6.45, 7) is 2.48. The number of ether oxygens (including phenoxy) is 1. The number of carbonyl (C=O) groups excluding carboxylic acids is 2. The van der Waals surface area contributed by atoms with Crippen molar-refractivity contribution in [1.82, 2.24) is 4.90 Å². The Hall–Kier alpha value is -2.08. The van der Waals surface area contributed by atoms with Gasteiger partial charge in [-0.1, -0.05) is 18.2 Å². The molecule has 114 valence electrons. The number of hydrogen-bond acceptors (Lipinski definition) is 4. The molecular formula is C15H21N3O3. The van der Waals surface area contributed by atoms with Crippen molar-refractivity contribution in [1.29, 1.82) is 0 Å². The number of benzene rings is 1. The van der Waals surface area contributed by atoms with E-state index >= 15 is 0 Å². The summed E-state index contributed by atoms with van der Waals surface area (Å²) < 4.78 is 5.43. The Labute approximate surface area is 124 Å². The van der Waals surface area contributed by atoms with E-state index in [1.165, 1.54) is 4.90 Å². The van der Waals surface area contributed by atoms with Crippen molar-refractivity contribution in [2.75, 3.05) is 18.9 Å². The Kier molecular flexibility index (Phi) is 4.80. The monoisotopic (exact) mass is 291 g/mol. The molecule has 1 aliphatic rings. The number of nitrogen functional groups attached to an aromatic ring is 1. The van der Waals surface area contributed by atoms with Crippen LogP contribution in [0.1, 0.15) is 18.9 Å². The van der Waals surface area contributed by atoms with Gasteiger partial charge in [-0.3, -0.25) is 9.59 Å². The van der Waals surface area contributed by atoms with E-state index in [1.807, 2.05) is 25.1 Å². The molecule has 2 amide bonds. The van der Waals surface area contributed by atoms with Gasteiger partial charge in [0.15, 0.2) is 0 Å². The quantitative estimate of drug-likeness (QED) is 0.772. The van der Waals surface area contributed by atoms with Gasteiger partial charge in [-0.15, -0.1) is 0 Å². The number of anilines is 1. The summed E-state index contributed by atoms with van der Waals surface area (Å²) in [6.07, 6.45) is 0.731. The van der Waals surface area contributed by atoms with Crippen molar-refractivity contribution in [3.63, 3.8) is 0 Å². The summed E-state index contributed by atoms with van der Waals surface area (Å²) in [5, 5.41) is 0. The third-order valence-electron chi connectivity index (χ3n) is 3.62. The Balaban J connectivity index is 2.12. The molecule has 0 spiro atoms. The molecular weight excluding hydrogens is 270 g/mol. The first-order chi connectivity index (χ1) is 9.97. The van der Waals surface area contributed by atoms with E-state index in [2.05, 4.69) is 0 Å². The molecule has 1 aromatic rings. The molecule has 4 N–H and O–H groups in total. The lowest BCUT2D eigenvalue weighted by Crippen LogP contribution is -2.41. The van der Waals surface area contributed by atoms with E-state index in [4.69, 9.17) is 16.2 Å². The van der Waals surface area contributed by atoms with Gasteiger partial charge in [-0.25, -0.2) is 0 Å². The van der Waals surface area contributed by atoms with Crippen LogP contribution in [0.3, 0.4) is 0 Å². The second-order valence-corrected chi connectivity index (χ2v) is 5.44. The molecule has 21 heavy (non-hydrogen) atoms. The van der Waals surface area contributed by atoms with Gasteiger partial charge in [0.1, 0.15) is 0 Å². The van der Waals surface area contributed by atoms with Crippen molar-refractivity contribution in [3.05, 3.63) is 29.8 Å². The second-order valence-electron chi connectivity index (χ2n) is 5.44. The van der Waals surface area contributed by atoms with E-state index < -0.39 is 5.91 Å². The van der Waals surface area contributed by atoms with Crippen LogP contribution < -0.4 is 11.5 Å². The zero-order chi connectivity index (χ0) is 15.4. The summed E-state index contributed by atoms with van der Waals surface area (Å²) in [6, 6.07) is 7.28. The summed E-state index contributed by atoms with van der Waals surface area (Å²) >= 11 is 0. The molecule has 1 aromatic carbocycles. The van der Waals surface area contributed by atoms with Crippen LogP contribution in [0, 0.1) is 5.92 Å². The average molecular weight is 291 g/mol. The highest BCUT2D eigenvalue weighted by Crippen LogP contribution is 2.23. The van der Waals surface area contributed by atoms with Crippen LogP contribution in [-0.2, 0) is 20.9 Å². The first-order valence-corrected chi connectivity index (χ1v) is 6.99. The molecule has 1 fully saturated rings. The van der Waals surface area contributed by atoms with Gasteiger partial charge in [0, 0.05) is 12.2 Å². The first kappa shape index (κ1) is 15.3. The molecule has 1 heterocycles. The Morgan fingerprint density at radius 2 is 2.10 bits per heavy atom. The van der Waals surface area contributed by atoms with Gasteiger partial charge in [0.25, 0.3) is 0 Å². The van der Waals surface area contributed by atoms with Gasteiger partial charge >= 0.3 is 0 Å². The third-order valence-corrected chi connectivity index (χ3v) is 3.62. The van der Waals surface area contributed by atoms with Crippen molar-refractivity contribution in [3.8, 4) is 0 Å². The van der Waals surface area contributed by atoms with Crippen molar-refractivity contribution in [2.24, 2.45) is 11.7 Å². The van der Waals surface area contributed by atoms with Crippen LogP contribution in [0.2, 0.25) is 0 Å². The van der Waals surface area contributed by atoms with Gasteiger partial charge < -0.3 is 21.1 Å². The fourth-order valence-corrected chi connectivity index (χ4v) is 2.53. The van der Waals surface area contributed by atoms with Crippen LogP contribution in [0.5, 0.6) is 0 Å². The molecule has 2 atom stereocenters. The fourth-order valence-electron chi connectivity index (χ4n) is 2.53. The SMILES string of the molecule is CC1CC(C(=O)N(CC(N)=O)Cc2ccccc2N)CO1. The molecule has 2 unspecified atom stereocenters. The highest BCUT2D eigenvalue weighted by atomic mass is 16.5. The van der Waals surface area contributed by atoms with E-state index in [0.29, 0.717) is 18.7 Å². The summed E-state index contributed by atoms with van der Waals surface area (Å²) in [4.78, 5) is 25.2. The minimum absolute atomic E-state index is 0.0659. The molecule has 1 aliphatic heterocycles. The zero-order valence-corrected chi connectivity index (χ0v) is 12.1. The molecule has 2 rings (SSSR count). The molecule has 0 bridgehead atoms.